The molecule has 0 N–H and O–H groups in total. The Morgan fingerprint density at radius 3 is 2.55 bits per heavy atom. The molecule has 1 aliphatic heterocycles. The van der Waals surface area contributed by atoms with Crippen LogP contribution >= 0.6 is 11.6 Å². The van der Waals surface area contributed by atoms with Crippen molar-refractivity contribution in [3.63, 3.8) is 0 Å². The lowest BCUT2D eigenvalue weighted by atomic mass is 9.73. The van der Waals surface area contributed by atoms with Gasteiger partial charge in [-0.1, -0.05) is 18.9 Å². The average molecular weight is 422 g/mol. The lowest BCUT2D eigenvalue weighted by Crippen LogP contribution is -2.40. The first-order chi connectivity index (χ1) is 14.0. The number of ether oxygens (including phenoxy) is 1. The summed E-state index contributed by atoms with van der Waals surface area (Å²) in [5.41, 5.74) is 3.02. The summed E-state index contributed by atoms with van der Waals surface area (Å²) in [7, 11) is 0. The van der Waals surface area contributed by atoms with Crippen molar-refractivity contribution >= 4 is 11.6 Å². The van der Waals surface area contributed by atoms with Gasteiger partial charge in [-0.05, 0) is 56.2 Å². The molecule has 0 radical (unpaired) electrons. The summed E-state index contributed by atoms with van der Waals surface area (Å²) in [6.45, 7) is 0.885. The van der Waals surface area contributed by atoms with Crippen LogP contribution in [0, 0.1) is 11.8 Å². The number of aromatic nitrogens is 3. The quantitative estimate of drug-likeness (QED) is 0.592. The summed E-state index contributed by atoms with van der Waals surface area (Å²) < 4.78 is 37.6. The predicted molar refractivity (Wildman–Crippen MR) is 106 cm³/mol. The van der Waals surface area contributed by atoms with Crippen LogP contribution in [0.2, 0.25) is 0 Å². The van der Waals surface area contributed by atoms with Crippen molar-refractivity contribution < 1.29 is 13.5 Å². The van der Waals surface area contributed by atoms with E-state index >= 15 is 0 Å². The first-order valence-corrected chi connectivity index (χ1v) is 11.0. The van der Waals surface area contributed by atoms with Crippen LogP contribution in [0.15, 0.2) is 24.5 Å². The number of fused-ring (bicyclic) bond motifs is 3. The topological polar surface area (TPSA) is 39.9 Å². The van der Waals surface area contributed by atoms with Crippen LogP contribution < -0.4 is 0 Å². The maximum absolute atomic E-state index is 15.0. The molecular weight excluding hydrogens is 396 g/mol. The van der Waals surface area contributed by atoms with E-state index in [1.54, 1.807) is 6.33 Å². The minimum atomic E-state index is -2.55. The Balaban J connectivity index is 1.35. The summed E-state index contributed by atoms with van der Waals surface area (Å²) in [6.07, 6.45) is 7.05. The maximum Gasteiger partial charge on any atom is 0.253 e. The molecule has 1 aromatic heterocycles. The number of nitrogens with zero attached hydrogens (tertiary/aromatic N) is 3. The van der Waals surface area contributed by atoms with Crippen LogP contribution in [-0.4, -0.2) is 20.7 Å². The van der Waals surface area contributed by atoms with E-state index < -0.39 is 22.6 Å². The third kappa shape index (κ3) is 3.38. The average Bonchev–Trinajstić information content (AvgIpc) is 3.38. The van der Waals surface area contributed by atoms with Gasteiger partial charge in [0.05, 0.1) is 17.2 Å². The predicted octanol–water partition coefficient (Wildman–Crippen LogP) is 5.75. The van der Waals surface area contributed by atoms with E-state index in [1.165, 1.54) is 0 Å². The second kappa shape index (κ2) is 7.31. The van der Waals surface area contributed by atoms with Gasteiger partial charge in [0.15, 0.2) is 5.82 Å². The second-order valence-electron chi connectivity index (χ2n) is 8.85. The van der Waals surface area contributed by atoms with Crippen molar-refractivity contribution in [3.8, 4) is 5.69 Å². The van der Waals surface area contributed by atoms with Gasteiger partial charge < -0.3 is 4.74 Å². The summed E-state index contributed by atoms with van der Waals surface area (Å²) in [6, 6.07) is 6.12. The Morgan fingerprint density at radius 2 is 1.79 bits per heavy atom. The number of rotatable bonds is 3. The van der Waals surface area contributed by atoms with Crippen molar-refractivity contribution in [1.29, 1.82) is 0 Å². The fraction of sp³-hybridized carbons (Fsp3) is 0.636. The molecule has 2 aliphatic carbocycles. The molecule has 156 valence electrons. The molecule has 4 nitrogen and oxygen atoms in total. The molecule has 7 heteroatoms. The molecule has 5 rings (SSSR count). The Morgan fingerprint density at radius 1 is 1.07 bits per heavy atom. The molecular formula is C22H26ClF2N3O. The zero-order valence-corrected chi connectivity index (χ0v) is 17.2. The van der Waals surface area contributed by atoms with Crippen molar-refractivity contribution in [2.45, 2.75) is 75.4 Å². The van der Waals surface area contributed by atoms with Gasteiger partial charge in [-0.25, -0.2) is 8.78 Å². The van der Waals surface area contributed by atoms with E-state index in [0.29, 0.717) is 51.7 Å². The maximum atomic E-state index is 15.0. The zero-order valence-electron chi connectivity index (χ0n) is 16.4. The molecule has 1 aromatic carbocycles. The van der Waals surface area contributed by atoms with Crippen molar-refractivity contribution in [2.24, 2.45) is 11.8 Å². The van der Waals surface area contributed by atoms with Gasteiger partial charge in [0, 0.05) is 17.4 Å². The molecule has 29 heavy (non-hydrogen) atoms. The van der Waals surface area contributed by atoms with E-state index in [1.807, 2.05) is 16.7 Å². The third-order valence-electron chi connectivity index (χ3n) is 7.19. The highest BCUT2D eigenvalue weighted by Crippen LogP contribution is 2.52. The third-order valence-corrected chi connectivity index (χ3v) is 7.78. The minimum absolute atomic E-state index is 0.411. The molecule has 0 saturated heterocycles. The lowest BCUT2D eigenvalue weighted by molar-refractivity contribution is -0.119. The van der Waals surface area contributed by atoms with Gasteiger partial charge in [-0.3, -0.25) is 4.57 Å². The van der Waals surface area contributed by atoms with Crippen LogP contribution in [0.25, 0.3) is 5.69 Å². The van der Waals surface area contributed by atoms with Crippen LogP contribution in [-0.2, 0) is 22.8 Å². The molecule has 2 fully saturated rings. The van der Waals surface area contributed by atoms with Gasteiger partial charge >= 0.3 is 0 Å². The van der Waals surface area contributed by atoms with Gasteiger partial charge in [0.25, 0.3) is 5.92 Å². The zero-order chi connectivity index (χ0) is 20.1. The van der Waals surface area contributed by atoms with Crippen molar-refractivity contribution in [3.05, 3.63) is 41.5 Å². The van der Waals surface area contributed by atoms with Gasteiger partial charge in [-0.15, -0.1) is 21.8 Å². The normalized spacial score (nSPS) is 28.0. The molecule has 0 bridgehead atoms. The summed E-state index contributed by atoms with van der Waals surface area (Å²) in [5.74, 6) is -2.76. The van der Waals surface area contributed by atoms with Crippen molar-refractivity contribution in [1.82, 2.24) is 14.8 Å². The highest BCUT2D eigenvalue weighted by atomic mass is 35.5. The number of alkyl halides is 3. The van der Waals surface area contributed by atoms with E-state index in [-0.39, 0.29) is 0 Å². The first kappa shape index (κ1) is 19.4. The van der Waals surface area contributed by atoms with Crippen LogP contribution in [0.4, 0.5) is 8.78 Å². The fourth-order valence-corrected chi connectivity index (χ4v) is 5.75. The van der Waals surface area contributed by atoms with Crippen LogP contribution in [0.5, 0.6) is 0 Å². The van der Waals surface area contributed by atoms with Gasteiger partial charge in [-0.2, -0.15) is 0 Å². The molecule has 2 aromatic rings. The molecule has 0 unspecified atom stereocenters. The number of hydrogen-bond acceptors (Lipinski definition) is 3. The van der Waals surface area contributed by atoms with Gasteiger partial charge in [0.1, 0.15) is 12.9 Å². The van der Waals surface area contributed by atoms with E-state index in [0.717, 1.165) is 35.5 Å². The monoisotopic (exact) mass is 421 g/mol. The van der Waals surface area contributed by atoms with E-state index in [2.05, 4.69) is 16.3 Å². The highest BCUT2D eigenvalue weighted by Gasteiger charge is 2.50. The summed E-state index contributed by atoms with van der Waals surface area (Å²) in [5, 5.41) is 8.07. The summed E-state index contributed by atoms with van der Waals surface area (Å²) >= 11 is 7.02. The molecule has 2 saturated carbocycles. The van der Waals surface area contributed by atoms with E-state index in [4.69, 9.17) is 16.3 Å². The number of halogens is 3. The number of hydrogen-bond donors (Lipinski definition) is 0. The number of benzene rings is 1. The van der Waals surface area contributed by atoms with E-state index in [9.17, 15) is 8.78 Å². The Hall–Kier alpha value is -1.53. The molecule has 3 aliphatic rings. The summed E-state index contributed by atoms with van der Waals surface area (Å²) in [4.78, 5) is -0.584. The second-order valence-corrected chi connectivity index (χ2v) is 9.57. The Bertz CT molecular complexity index is 886. The lowest BCUT2D eigenvalue weighted by Gasteiger charge is -2.40. The highest BCUT2D eigenvalue weighted by molar-refractivity contribution is 6.24. The first-order valence-electron chi connectivity index (χ1n) is 10.6. The largest absolute Gasteiger partial charge is 0.369 e. The Kier molecular flexibility index (Phi) is 4.90. The molecule has 0 atom stereocenters. The fourth-order valence-electron chi connectivity index (χ4n) is 5.42. The Labute approximate surface area is 174 Å². The van der Waals surface area contributed by atoms with Crippen LogP contribution in [0.1, 0.15) is 68.3 Å². The van der Waals surface area contributed by atoms with Gasteiger partial charge in [0.2, 0.25) is 0 Å². The molecule has 2 heterocycles. The molecule has 0 spiro atoms. The molecule has 0 amide bonds. The SMILES string of the molecule is FC(F)(C1CCCC1)C1CCC(Cl)(c2ccc3c(c2)COCc2nncn2-3)CC1. The van der Waals surface area contributed by atoms with Crippen molar-refractivity contribution in [2.75, 3.05) is 0 Å². The minimum Gasteiger partial charge on any atom is -0.369 e. The smallest absolute Gasteiger partial charge is 0.253 e. The van der Waals surface area contributed by atoms with Crippen LogP contribution in [0.3, 0.4) is 0 Å². The standard InChI is InChI=1S/C22H26ClF2N3O/c23-21(9-7-17(8-10-21)22(24,25)16-3-1-2-4-16)18-5-6-19-15(11-18)12-29-13-20-27-26-14-28(19)20/h5-6,11,14,16-17H,1-4,7-10,12-13H2.